The highest BCUT2D eigenvalue weighted by Crippen LogP contribution is 2.34. The van der Waals surface area contributed by atoms with Gasteiger partial charge >= 0.3 is 5.97 Å². The van der Waals surface area contributed by atoms with Gasteiger partial charge in [0.1, 0.15) is 10.4 Å². The number of carbonyl (C=O) groups is 3. The van der Waals surface area contributed by atoms with Gasteiger partial charge in [-0.2, -0.15) is 0 Å². The second-order valence-electron chi connectivity index (χ2n) is 6.58. The number of carboxylic acids is 1. The summed E-state index contributed by atoms with van der Waals surface area (Å²) in [5.74, 6) is -1.64. The topological polar surface area (TPSA) is 130 Å². The quantitative estimate of drug-likeness (QED) is 0.183. The minimum atomic E-state index is -0.847. The number of aliphatic carboxylic acids is 1. The van der Waals surface area contributed by atoms with Crippen LogP contribution in [0.3, 0.4) is 0 Å². The third-order valence-electron chi connectivity index (χ3n) is 4.34. The number of hydrogen-bond donors (Lipinski definition) is 2. The predicted molar refractivity (Wildman–Crippen MR) is 117 cm³/mol. The maximum absolute atomic E-state index is 12.7. The molecular formula is C19H21N3O6S2. The van der Waals surface area contributed by atoms with Crippen LogP contribution >= 0.6 is 24.0 Å². The van der Waals surface area contributed by atoms with Gasteiger partial charge in [-0.3, -0.25) is 29.4 Å². The first-order valence-corrected chi connectivity index (χ1v) is 10.4. The molecule has 11 heteroatoms. The average Bonchev–Trinajstić information content (AvgIpc) is 2.96. The zero-order chi connectivity index (χ0) is 22.3. The number of nitrogens with zero attached hydrogens (tertiary/aromatic N) is 2. The second-order valence-corrected chi connectivity index (χ2v) is 8.25. The van der Waals surface area contributed by atoms with Crippen molar-refractivity contribution in [3.8, 4) is 0 Å². The van der Waals surface area contributed by atoms with E-state index in [9.17, 15) is 24.5 Å². The SMILES string of the molecule is CC(C(=O)NCCCCCC(=O)O)N1C(=O)/C(=C/c2cccc([N+](=O)[O-])c2)SC1=S. The van der Waals surface area contributed by atoms with Crippen LogP contribution in [0.4, 0.5) is 5.69 Å². The summed E-state index contributed by atoms with van der Waals surface area (Å²) in [6.07, 6.45) is 3.46. The van der Waals surface area contributed by atoms with Crippen LogP contribution in [-0.2, 0) is 14.4 Å². The molecule has 0 aliphatic carbocycles. The van der Waals surface area contributed by atoms with E-state index >= 15 is 0 Å². The van der Waals surface area contributed by atoms with Crippen molar-refractivity contribution >= 4 is 57.8 Å². The lowest BCUT2D eigenvalue weighted by Crippen LogP contribution is -2.47. The van der Waals surface area contributed by atoms with Crippen LogP contribution in [0.15, 0.2) is 29.2 Å². The van der Waals surface area contributed by atoms with Crippen LogP contribution in [-0.4, -0.2) is 49.6 Å². The first-order chi connectivity index (χ1) is 14.2. The molecule has 1 aromatic rings. The molecule has 1 saturated heterocycles. The molecule has 0 saturated carbocycles. The largest absolute Gasteiger partial charge is 0.481 e. The number of carboxylic acid groups (broad SMARTS) is 1. The number of nitrogens with one attached hydrogen (secondary N) is 1. The van der Waals surface area contributed by atoms with Crippen LogP contribution < -0.4 is 5.32 Å². The van der Waals surface area contributed by atoms with Crippen LogP contribution in [0.5, 0.6) is 0 Å². The normalized spacial score (nSPS) is 16.0. The van der Waals surface area contributed by atoms with E-state index < -0.39 is 22.8 Å². The number of hydrogen-bond acceptors (Lipinski definition) is 7. The molecule has 1 aliphatic heterocycles. The number of thioether (sulfide) groups is 1. The van der Waals surface area contributed by atoms with Crippen LogP contribution in [0.2, 0.25) is 0 Å². The molecule has 1 fully saturated rings. The Morgan fingerprint density at radius 1 is 1.37 bits per heavy atom. The van der Waals surface area contributed by atoms with E-state index in [0.29, 0.717) is 31.4 Å². The molecule has 1 unspecified atom stereocenters. The van der Waals surface area contributed by atoms with E-state index in [0.717, 1.165) is 11.8 Å². The molecule has 1 aliphatic rings. The lowest BCUT2D eigenvalue weighted by atomic mass is 10.1. The first-order valence-electron chi connectivity index (χ1n) is 9.21. The standard InChI is InChI=1S/C19H21N3O6S2/c1-12(17(25)20-9-4-2-3-8-16(23)24)21-18(26)15(30-19(21)29)11-13-6-5-7-14(10-13)22(27)28/h5-7,10-12H,2-4,8-9H2,1H3,(H,20,25)(H,23,24)/b15-11-. The third kappa shape index (κ3) is 6.36. The summed E-state index contributed by atoms with van der Waals surface area (Å²) < 4.78 is 0.237. The van der Waals surface area contributed by atoms with E-state index in [1.54, 1.807) is 13.0 Å². The van der Waals surface area contributed by atoms with Gasteiger partial charge in [0.05, 0.1) is 9.83 Å². The Balaban J connectivity index is 1.96. The fourth-order valence-electron chi connectivity index (χ4n) is 2.75. The number of nitro benzene ring substituents is 1. The van der Waals surface area contributed by atoms with E-state index in [2.05, 4.69) is 5.32 Å². The van der Waals surface area contributed by atoms with Gasteiger partial charge in [-0.05, 0) is 31.4 Å². The van der Waals surface area contributed by atoms with Crippen molar-refractivity contribution in [2.45, 2.75) is 38.6 Å². The van der Waals surface area contributed by atoms with Crippen molar-refractivity contribution in [1.29, 1.82) is 0 Å². The molecule has 0 bridgehead atoms. The number of non-ortho nitro benzene ring substituents is 1. The Hall–Kier alpha value is -2.79. The lowest BCUT2D eigenvalue weighted by Gasteiger charge is -2.22. The van der Waals surface area contributed by atoms with Gasteiger partial charge in [0, 0.05) is 25.1 Å². The van der Waals surface area contributed by atoms with Crippen molar-refractivity contribution in [2.24, 2.45) is 0 Å². The van der Waals surface area contributed by atoms with E-state index in [-0.39, 0.29) is 27.2 Å². The number of nitro groups is 1. The van der Waals surface area contributed by atoms with Crippen molar-refractivity contribution in [1.82, 2.24) is 10.2 Å². The number of amides is 2. The molecule has 2 rings (SSSR count). The van der Waals surface area contributed by atoms with Crippen LogP contribution in [0.1, 0.15) is 38.2 Å². The highest BCUT2D eigenvalue weighted by molar-refractivity contribution is 8.26. The van der Waals surface area contributed by atoms with Gasteiger partial charge in [-0.1, -0.05) is 42.5 Å². The Kier molecular flexibility index (Phi) is 8.48. The molecule has 0 aromatic heterocycles. The molecule has 2 amide bonds. The minimum absolute atomic E-state index is 0.0877. The zero-order valence-corrected chi connectivity index (χ0v) is 17.8. The summed E-state index contributed by atoms with van der Waals surface area (Å²) in [7, 11) is 0. The van der Waals surface area contributed by atoms with Crippen molar-refractivity contribution < 1.29 is 24.4 Å². The molecule has 1 atom stereocenters. The Morgan fingerprint density at radius 3 is 2.77 bits per heavy atom. The minimum Gasteiger partial charge on any atom is -0.481 e. The lowest BCUT2D eigenvalue weighted by molar-refractivity contribution is -0.384. The van der Waals surface area contributed by atoms with Gasteiger partial charge in [0.2, 0.25) is 5.91 Å². The third-order valence-corrected chi connectivity index (χ3v) is 5.67. The maximum Gasteiger partial charge on any atom is 0.303 e. The average molecular weight is 452 g/mol. The summed E-state index contributed by atoms with van der Waals surface area (Å²) in [6.45, 7) is 1.95. The van der Waals surface area contributed by atoms with Gasteiger partial charge < -0.3 is 10.4 Å². The Labute approximate surface area is 182 Å². The Bertz CT molecular complexity index is 902. The molecule has 1 aromatic carbocycles. The molecule has 0 radical (unpaired) electrons. The van der Waals surface area contributed by atoms with Crippen molar-refractivity contribution in [3.63, 3.8) is 0 Å². The highest BCUT2D eigenvalue weighted by atomic mass is 32.2. The fraction of sp³-hybridized carbons (Fsp3) is 0.368. The highest BCUT2D eigenvalue weighted by Gasteiger charge is 2.38. The van der Waals surface area contributed by atoms with Crippen molar-refractivity contribution in [2.75, 3.05) is 6.54 Å². The van der Waals surface area contributed by atoms with Gasteiger partial charge in [-0.15, -0.1) is 0 Å². The van der Waals surface area contributed by atoms with Gasteiger partial charge in [0.15, 0.2) is 0 Å². The molecule has 0 spiro atoms. The number of carbonyl (C=O) groups excluding carboxylic acids is 2. The van der Waals surface area contributed by atoms with Gasteiger partial charge in [-0.25, -0.2) is 0 Å². The Morgan fingerprint density at radius 2 is 2.10 bits per heavy atom. The number of rotatable bonds is 10. The van der Waals surface area contributed by atoms with E-state index in [1.165, 1.54) is 29.2 Å². The van der Waals surface area contributed by atoms with E-state index in [1.807, 2.05) is 0 Å². The number of thiocarbonyl (C=S) groups is 1. The smallest absolute Gasteiger partial charge is 0.303 e. The van der Waals surface area contributed by atoms with Crippen molar-refractivity contribution in [3.05, 3.63) is 44.8 Å². The number of unbranched alkanes of at least 4 members (excludes halogenated alkanes) is 2. The maximum atomic E-state index is 12.7. The molecular weight excluding hydrogens is 430 g/mol. The fourth-order valence-corrected chi connectivity index (χ4v) is 4.17. The molecule has 160 valence electrons. The second kappa shape index (κ2) is 10.8. The van der Waals surface area contributed by atoms with Gasteiger partial charge in [0.25, 0.3) is 11.6 Å². The first kappa shape index (κ1) is 23.5. The molecule has 1 heterocycles. The molecule has 2 N–H and O–H groups in total. The molecule has 30 heavy (non-hydrogen) atoms. The van der Waals surface area contributed by atoms with Crippen LogP contribution in [0, 0.1) is 10.1 Å². The van der Waals surface area contributed by atoms with Crippen LogP contribution in [0.25, 0.3) is 6.08 Å². The predicted octanol–water partition coefficient (Wildman–Crippen LogP) is 2.95. The molecule has 9 nitrogen and oxygen atoms in total. The summed E-state index contributed by atoms with van der Waals surface area (Å²) in [4.78, 5) is 47.5. The monoisotopic (exact) mass is 451 g/mol. The summed E-state index contributed by atoms with van der Waals surface area (Å²) in [5.41, 5.74) is 0.401. The summed E-state index contributed by atoms with van der Waals surface area (Å²) in [6, 6.07) is 5.06. The zero-order valence-electron chi connectivity index (χ0n) is 16.2. The summed E-state index contributed by atoms with van der Waals surface area (Å²) >= 11 is 6.29. The summed E-state index contributed by atoms with van der Waals surface area (Å²) in [5, 5.41) is 22.2. The number of benzene rings is 1. The van der Waals surface area contributed by atoms with E-state index in [4.69, 9.17) is 17.3 Å².